The summed E-state index contributed by atoms with van der Waals surface area (Å²) in [5.74, 6) is 0.319. The number of furan rings is 1. The van der Waals surface area contributed by atoms with Crippen LogP contribution in [0.3, 0.4) is 0 Å². The van der Waals surface area contributed by atoms with Crippen molar-refractivity contribution in [2.75, 3.05) is 44.2 Å². The Kier molecular flexibility index (Phi) is 6.77. The van der Waals surface area contributed by atoms with Gasteiger partial charge in [0.25, 0.3) is 0 Å². The molecule has 34 heavy (non-hydrogen) atoms. The molecule has 182 valence electrons. The molecular formula is C22H24F3N5O4. The van der Waals surface area contributed by atoms with Crippen molar-refractivity contribution in [1.29, 1.82) is 0 Å². The molecule has 2 N–H and O–H groups in total. The quantitative estimate of drug-likeness (QED) is 0.615. The number of esters is 1. The molecule has 9 nitrogen and oxygen atoms in total. The van der Waals surface area contributed by atoms with Gasteiger partial charge in [0, 0.05) is 44.6 Å². The standard InChI is InChI=1S/C22H24F3N5O4/c1-2-33-20(31)18-15(27-21(32)28-19(18)16-4-3-11-34-16)13-29-7-9-30(10-8-29)17-6-5-14(12-26-17)22(23,24)25/h3-6,11-12,19H,2,7-10,13H2,1H3,(H2,27,28,32). The number of aromatic nitrogens is 1. The Bertz CT molecular complexity index is 1050. The van der Waals surface area contributed by atoms with Gasteiger partial charge in [0.1, 0.15) is 17.6 Å². The van der Waals surface area contributed by atoms with Crippen LogP contribution in [0.25, 0.3) is 0 Å². The van der Waals surface area contributed by atoms with E-state index in [1.54, 1.807) is 19.1 Å². The Morgan fingerprint density at radius 2 is 2.00 bits per heavy atom. The van der Waals surface area contributed by atoms with Crippen molar-refractivity contribution >= 4 is 17.8 Å². The minimum absolute atomic E-state index is 0.174. The number of nitrogens with zero attached hydrogens (tertiary/aromatic N) is 3. The van der Waals surface area contributed by atoms with E-state index < -0.39 is 29.8 Å². The van der Waals surface area contributed by atoms with Crippen molar-refractivity contribution in [3.05, 3.63) is 59.3 Å². The van der Waals surface area contributed by atoms with Gasteiger partial charge in [-0.15, -0.1) is 0 Å². The summed E-state index contributed by atoms with van der Waals surface area (Å²) in [5.41, 5.74) is -0.103. The normalized spacial score (nSPS) is 19.6. The lowest BCUT2D eigenvalue weighted by Gasteiger charge is -2.37. The number of carbonyl (C=O) groups excluding carboxylic acids is 2. The number of anilines is 1. The van der Waals surface area contributed by atoms with Gasteiger partial charge >= 0.3 is 18.2 Å². The van der Waals surface area contributed by atoms with Crippen LogP contribution in [-0.4, -0.2) is 61.2 Å². The van der Waals surface area contributed by atoms with Gasteiger partial charge in [-0.3, -0.25) is 4.90 Å². The molecule has 2 aliphatic rings. The van der Waals surface area contributed by atoms with Gasteiger partial charge in [0.15, 0.2) is 0 Å². The summed E-state index contributed by atoms with van der Waals surface area (Å²) >= 11 is 0. The zero-order valence-corrected chi connectivity index (χ0v) is 18.4. The molecule has 4 heterocycles. The van der Waals surface area contributed by atoms with Crippen LogP contribution >= 0.6 is 0 Å². The molecule has 1 fully saturated rings. The van der Waals surface area contributed by atoms with Crippen molar-refractivity contribution in [1.82, 2.24) is 20.5 Å². The molecule has 4 rings (SSSR count). The van der Waals surface area contributed by atoms with E-state index >= 15 is 0 Å². The lowest BCUT2D eigenvalue weighted by Crippen LogP contribution is -2.52. The van der Waals surface area contributed by atoms with Crippen LogP contribution in [0.15, 0.2) is 52.4 Å². The molecule has 1 atom stereocenters. The highest BCUT2D eigenvalue weighted by Gasteiger charge is 2.36. The van der Waals surface area contributed by atoms with E-state index in [4.69, 9.17) is 9.15 Å². The predicted octanol–water partition coefficient (Wildman–Crippen LogP) is 2.69. The van der Waals surface area contributed by atoms with Crippen molar-refractivity contribution in [2.45, 2.75) is 19.1 Å². The third-order valence-electron chi connectivity index (χ3n) is 5.63. The summed E-state index contributed by atoms with van der Waals surface area (Å²) in [5, 5.41) is 5.42. The fraction of sp³-hybridized carbons (Fsp3) is 0.409. The second-order valence-corrected chi connectivity index (χ2v) is 7.83. The third-order valence-corrected chi connectivity index (χ3v) is 5.63. The Morgan fingerprint density at radius 3 is 2.59 bits per heavy atom. The van der Waals surface area contributed by atoms with Crippen molar-refractivity contribution in [3.8, 4) is 0 Å². The monoisotopic (exact) mass is 479 g/mol. The van der Waals surface area contributed by atoms with E-state index in [0.29, 0.717) is 43.5 Å². The number of rotatable bonds is 6. The average molecular weight is 479 g/mol. The number of piperazine rings is 1. The van der Waals surface area contributed by atoms with Crippen molar-refractivity contribution < 1.29 is 31.9 Å². The highest BCUT2D eigenvalue weighted by molar-refractivity contribution is 5.95. The Hall–Kier alpha value is -3.54. The van der Waals surface area contributed by atoms with Crippen LogP contribution < -0.4 is 15.5 Å². The summed E-state index contributed by atoms with van der Waals surface area (Å²) in [4.78, 5) is 33.0. The summed E-state index contributed by atoms with van der Waals surface area (Å²) in [6.45, 7) is 4.31. The number of urea groups is 1. The second-order valence-electron chi connectivity index (χ2n) is 7.83. The molecule has 0 radical (unpaired) electrons. The fourth-order valence-corrected chi connectivity index (χ4v) is 3.96. The number of hydrogen-bond donors (Lipinski definition) is 2. The Morgan fingerprint density at radius 1 is 1.24 bits per heavy atom. The minimum atomic E-state index is -4.43. The number of halogens is 3. The largest absolute Gasteiger partial charge is 0.467 e. The van der Waals surface area contributed by atoms with Crippen LogP contribution in [-0.2, 0) is 15.7 Å². The molecule has 2 aromatic heterocycles. The molecule has 0 bridgehead atoms. The maximum atomic E-state index is 12.8. The molecule has 0 aliphatic carbocycles. The molecule has 1 unspecified atom stereocenters. The summed E-state index contributed by atoms with van der Waals surface area (Å²) < 4.78 is 49.0. The number of alkyl halides is 3. The molecule has 2 aromatic rings. The molecule has 0 aromatic carbocycles. The van der Waals surface area contributed by atoms with Crippen LogP contribution in [0.1, 0.15) is 24.3 Å². The number of nitrogens with one attached hydrogen (secondary N) is 2. The minimum Gasteiger partial charge on any atom is -0.467 e. The first-order valence-electron chi connectivity index (χ1n) is 10.8. The third kappa shape index (κ3) is 5.16. The van der Waals surface area contributed by atoms with Crippen LogP contribution in [0.5, 0.6) is 0 Å². The van der Waals surface area contributed by atoms with Crippen LogP contribution in [0, 0.1) is 0 Å². The zero-order valence-electron chi connectivity index (χ0n) is 18.4. The summed E-state index contributed by atoms with van der Waals surface area (Å²) in [6.07, 6.45) is -2.14. The molecule has 1 saturated heterocycles. The average Bonchev–Trinajstić information content (AvgIpc) is 3.34. The topological polar surface area (TPSA) is 99.9 Å². The SMILES string of the molecule is CCOC(=O)C1=C(CN2CCN(c3ccc(C(F)(F)F)cn3)CC2)NC(=O)NC1c1ccco1. The highest BCUT2D eigenvalue weighted by Crippen LogP contribution is 2.30. The smallest absolute Gasteiger partial charge is 0.417 e. The number of hydrogen-bond acceptors (Lipinski definition) is 7. The van der Waals surface area contributed by atoms with Crippen LogP contribution in [0.2, 0.25) is 0 Å². The van der Waals surface area contributed by atoms with Gasteiger partial charge in [-0.05, 0) is 31.2 Å². The van der Waals surface area contributed by atoms with E-state index in [-0.39, 0.29) is 18.7 Å². The van der Waals surface area contributed by atoms with E-state index in [2.05, 4.69) is 15.6 Å². The highest BCUT2D eigenvalue weighted by atomic mass is 19.4. The van der Waals surface area contributed by atoms with Gasteiger partial charge in [0.2, 0.25) is 0 Å². The van der Waals surface area contributed by atoms with Gasteiger partial charge in [-0.2, -0.15) is 13.2 Å². The first-order chi connectivity index (χ1) is 16.3. The summed E-state index contributed by atoms with van der Waals surface area (Å²) in [7, 11) is 0. The number of carbonyl (C=O) groups is 2. The van der Waals surface area contributed by atoms with Gasteiger partial charge in [-0.25, -0.2) is 14.6 Å². The molecule has 12 heteroatoms. The maximum absolute atomic E-state index is 12.8. The van der Waals surface area contributed by atoms with Crippen LogP contribution in [0.4, 0.5) is 23.8 Å². The first kappa shape index (κ1) is 23.6. The molecule has 0 spiro atoms. The lowest BCUT2D eigenvalue weighted by atomic mass is 9.99. The van der Waals surface area contributed by atoms with E-state index in [1.807, 2.05) is 9.80 Å². The van der Waals surface area contributed by atoms with E-state index in [0.717, 1.165) is 12.3 Å². The molecular weight excluding hydrogens is 455 g/mol. The Labute approximate surface area is 193 Å². The summed E-state index contributed by atoms with van der Waals surface area (Å²) in [6, 6.07) is 4.47. The number of amides is 2. The van der Waals surface area contributed by atoms with Gasteiger partial charge in [0.05, 0.1) is 24.0 Å². The van der Waals surface area contributed by atoms with E-state index in [9.17, 15) is 22.8 Å². The fourth-order valence-electron chi connectivity index (χ4n) is 3.96. The molecule has 0 saturated carbocycles. The predicted molar refractivity (Wildman–Crippen MR) is 115 cm³/mol. The molecule has 2 amide bonds. The number of ether oxygens (including phenoxy) is 1. The second kappa shape index (κ2) is 9.75. The van der Waals surface area contributed by atoms with E-state index in [1.165, 1.54) is 12.3 Å². The number of pyridine rings is 1. The maximum Gasteiger partial charge on any atom is 0.417 e. The van der Waals surface area contributed by atoms with Gasteiger partial charge in [-0.1, -0.05) is 0 Å². The lowest BCUT2D eigenvalue weighted by molar-refractivity contribution is -0.139. The van der Waals surface area contributed by atoms with Gasteiger partial charge < -0.3 is 24.7 Å². The Balaban J connectivity index is 1.48. The first-order valence-corrected chi connectivity index (χ1v) is 10.8. The zero-order chi connectivity index (χ0) is 24.3. The van der Waals surface area contributed by atoms with Crippen molar-refractivity contribution in [3.63, 3.8) is 0 Å². The van der Waals surface area contributed by atoms with Crippen molar-refractivity contribution in [2.24, 2.45) is 0 Å². The molecule has 2 aliphatic heterocycles.